The highest BCUT2D eigenvalue weighted by Gasteiger charge is 2.15. The largest absolute Gasteiger partial charge is 0.324 e. The zero-order chi connectivity index (χ0) is 12.3. The van der Waals surface area contributed by atoms with Gasteiger partial charge in [0.15, 0.2) is 0 Å². The Balaban J connectivity index is 2.11. The van der Waals surface area contributed by atoms with Crippen molar-refractivity contribution in [3.8, 4) is 0 Å². The summed E-state index contributed by atoms with van der Waals surface area (Å²) in [6.45, 7) is 0. The summed E-state index contributed by atoms with van der Waals surface area (Å²) in [5, 5.41) is 0. The lowest BCUT2D eigenvalue weighted by atomic mass is 9.92. The van der Waals surface area contributed by atoms with Crippen molar-refractivity contribution >= 4 is 15.9 Å². The van der Waals surface area contributed by atoms with Gasteiger partial charge in [0.1, 0.15) is 5.82 Å². The zero-order valence-corrected chi connectivity index (χ0v) is 11.3. The van der Waals surface area contributed by atoms with E-state index in [1.807, 2.05) is 6.07 Å². The van der Waals surface area contributed by atoms with Crippen LogP contribution < -0.4 is 5.73 Å². The first kappa shape index (κ1) is 12.8. The van der Waals surface area contributed by atoms with E-state index in [0.29, 0.717) is 10.0 Å². The van der Waals surface area contributed by atoms with Gasteiger partial charge in [-0.25, -0.2) is 4.39 Å². The van der Waals surface area contributed by atoms with Gasteiger partial charge in [-0.15, -0.1) is 0 Å². The van der Waals surface area contributed by atoms with Crippen LogP contribution in [0.5, 0.6) is 0 Å². The smallest absolute Gasteiger partial charge is 0.142 e. The summed E-state index contributed by atoms with van der Waals surface area (Å²) >= 11 is 3.19. The van der Waals surface area contributed by atoms with Gasteiger partial charge >= 0.3 is 0 Å². The molecular weight excluding hydrogens is 281 g/mol. The molecule has 0 radical (unpaired) electrons. The van der Waals surface area contributed by atoms with Crippen LogP contribution in [0.4, 0.5) is 4.39 Å². The molecule has 0 aromatic heterocycles. The second-order valence-electron chi connectivity index (χ2n) is 4.56. The van der Waals surface area contributed by atoms with Crippen LogP contribution in [-0.2, 0) is 0 Å². The first-order chi connectivity index (χ1) is 8.18. The van der Waals surface area contributed by atoms with Crippen LogP contribution in [0.3, 0.4) is 0 Å². The molecule has 3 heteroatoms. The highest BCUT2D eigenvalue weighted by molar-refractivity contribution is 9.10. The van der Waals surface area contributed by atoms with Gasteiger partial charge in [0.05, 0.1) is 4.47 Å². The molecule has 1 atom stereocenters. The Morgan fingerprint density at radius 1 is 1.35 bits per heavy atom. The van der Waals surface area contributed by atoms with Crippen LogP contribution in [0.1, 0.15) is 43.7 Å². The minimum absolute atomic E-state index is 0.226. The Labute approximate surface area is 110 Å². The van der Waals surface area contributed by atoms with Crippen molar-refractivity contribution in [2.45, 2.75) is 38.1 Å². The molecule has 0 saturated heterocycles. The van der Waals surface area contributed by atoms with E-state index in [0.717, 1.165) is 19.3 Å². The van der Waals surface area contributed by atoms with Crippen LogP contribution in [-0.4, -0.2) is 0 Å². The summed E-state index contributed by atoms with van der Waals surface area (Å²) in [5.41, 5.74) is 8.07. The Bertz CT molecular complexity index is 428. The average Bonchev–Trinajstić information content (AvgIpc) is 2.34. The number of allylic oxidation sites excluding steroid dienone is 1. The average molecular weight is 298 g/mol. The van der Waals surface area contributed by atoms with E-state index in [9.17, 15) is 4.39 Å². The molecule has 92 valence electrons. The molecule has 0 fully saturated rings. The molecule has 17 heavy (non-hydrogen) atoms. The van der Waals surface area contributed by atoms with E-state index in [1.54, 1.807) is 12.1 Å². The lowest BCUT2D eigenvalue weighted by Crippen LogP contribution is -2.14. The molecule has 1 aromatic rings. The monoisotopic (exact) mass is 297 g/mol. The maximum absolute atomic E-state index is 13.9. The molecule has 2 rings (SSSR count). The van der Waals surface area contributed by atoms with Crippen molar-refractivity contribution < 1.29 is 4.39 Å². The number of halogens is 2. The topological polar surface area (TPSA) is 26.0 Å². The predicted octanol–water partition coefficient (Wildman–Crippen LogP) is 4.48. The van der Waals surface area contributed by atoms with Gasteiger partial charge in [-0.05, 0) is 54.1 Å². The van der Waals surface area contributed by atoms with Gasteiger partial charge in [0.2, 0.25) is 0 Å². The third kappa shape index (κ3) is 3.17. The quantitative estimate of drug-likeness (QED) is 0.818. The van der Waals surface area contributed by atoms with Crippen molar-refractivity contribution in [2.24, 2.45) is 5.73 Å². The molecule has 0 bridgehead atoms. The van der Waals surface area contributed by atoms with Crippen LogP contribution >= 0.6 is 15.9 Å². The summed E-state index contributed by atoms with van der Waals surface area (Å²) in [6, 6.07) is 5.06. The zero-order valence-electron chi connectivity index (χ0n) is 9.76. The number of benzene rings is 1. The summed E-state index contributed by atoms with van der Waals surface area (Å²) < 4.78 is 14.3. The van der Waals surface area contributed by atoms with Gasteiger partial charge < -0.3 is 5.73 Å². The third-order valence-corrected chi connectivity index (χ3v) is 3.86. The predicted molar refractivity (Wildman–Crippen MR) is 72.2 cm³/mol. The van der Waals surface area contributed by atoms with Crippen LogP contribution in [0, 0.1) is 5.82 Å². The van der Waals surface area contributed by atoms with Crippen molar-refractivity contribution in [1.82, 2.24) is 0 Å². The lowest BCUT2D eigenvalue weighted by Gasteiger charge is -2.18. The fourth-order valence-corrected chi connectivity index (χ4v) is 2.67. The molecular formula is C14H17BrFN. The normalized spacial score (nSPS) is 17.7. The summed E-state index contributed by atoms with van der Waals surface area (Å²) in [4.78, 5) is 0. The first-order valence-electron chi connectivity index (χ1n) is 6.06. The van der Waals surface area contributed by atoms with E-state index in [-0.39, 0.29) is 11.9 Å². The van der Waals surface area contributed by atoms with E-state index in [2.05, 4.69) is 22.0 Å². The standard InChI is InChI=1S/C14H17BrFN/c15-12-8-4-7-11(14(12)16)13(17)9-10-5-2-1-3-6-10/h4-5,7-8,13H,1-3,6,9,17H2. The second-order valence-corrected chi connectivity index (χ2v) is 5.42. The third-order valence-electron chi connectivity index (χ3n) is 3.25. The van der Waals surface area contributed by atoms with E-state index in [1.165, 1.54) is 18.4 Å². The van der Waals surface area contributed by atoms with Crippen molar-refractivity contribution in [1.29, 1.82) is 0 Å². The minimum atomic E-state index is -0.239. The van der Waals surface area contributed by atoms with Crippen molar-refractivity contribution in [2.75, 3.05) is 0 Å². The number of hydrogen-bond donors (Lipinski definition) is 1. The Kier molecular flexibility index (Phi) is 4.35. The molecule has 2 N–H and O–H groups in total. The number of rotatable bonds is 3. The number of hydrogen-bond acceptors (Lipinski definition) is 1. The van der Waals surface area contributed by atoms with Crippen molar-refractivity contribution in [3.63, 3.8) is 0 Å². The van der Waals surface area contributed by atoms with Crippen LogP contribution in [0.15, 0.2) is 34.3 Å². The fraction of sp³-hybridized carbons (Fsp3) is 0.429. The molecule has 1 aromatic carbocycles. The molecule has 0 spiro atoms. The Hall–Kier alpha value is -0.670. The summed E-state index contributed by atoms with van der Waals surface area (Å²) in [7, 11) is 0. The molecule has 1 aliphatic carbocycles. The second kappa shape index (κ2) is 5.78. The maximum atomic E-state index is 13.9. The molecule has 1 aliphatic rings. The fourth-order valence-electron chi connectivity index (χ4n) is 2.29. The maximum Gasteiger partial charge on any atom is 0.142 e. The molecule has 1 nitrogen and oxygen atoms in total. The first-order valence-corrected chi connectivity index (χ1v) is 6.85. The Morgan fingerprint density at radius 2 is 2.18 bits per heavy atom. The summed E-state index contributed by atoms with van der Waals surface area (Å²) in [5.74, 6) is -0.226. The Morgan fingerprint density at radius 3 is 2.88 bits per heavy atom. The van der Waals surface area contributed by atoms with E-state index in [4.69, 9.17) is 5.73 Å². The van der Waals surface area contributed by atoms with E-state index >= 15 is 0 Å². The minimum Gasteiger partial charge on any atom is -0.324 e. The van der Waals surface area contributed by atoms with Gasteiger partial charge in [-0.2, -0.15) is 0 Å². The molecule has 0 heterocycles. The molecule has 0 saturated carbocycles. The van der Waals surface area contributed by atoms with Gasteiger partial charge in [-0.1, -0.05) is 23.8 Å². The van der Waals surface area contributed by atoms with Gasteiger partial charge in [0.25, 0.3) is 0 Å². The highest BCUT2D eigenvalue weighted by Crippen LogP contribution is 2.29. The molecule has 0 aliphatic heterocycles. The highest BCUT2D eigenvalue weighted by atomic mass is 79.9. The molecule has 0 amide bonds. The van der Waals surface area contributed by atoms with Crippen molar-refractivity contribution in [3.05, 3.63) is 45.7 Å². The van der Waals surface area contributed by atoms with Crippen LogP contribution in [0.2, 0.25) is 0 Å². The van der Waals surface area contributed by atoms with Gasteiger partial charge in [-0.3, -0.25) is 0 Å². The van der Waals surface area contributed by atoms with Crippen LogP contribution in [0.25, 0.3) is 0 Å². The summed E-state index contributed by atoms with van der Waals surface area (Å²) in [6.07, 6.45) is 7.79. The SMILES string of the molecule is NC(CC1=CCCCC1)c1cccc(Br)c1F. The lowest BCUT2D eigenvalue weighted by molar-refractivity contribution is 0.563. The van der Waals surface area contributed by atoms with E-state index < -0.39 is 0 Å². The van der Waals surface area contributed by atoms with Gasteiger partial charge in [0, 0.05) is 11.6 Å². The molecule has 1 unspecified atom stereocenters. The number of nitrogens with two attached hydrogens (primary N) is 1.